The van der Waals surface area contributed by atoms with Crippen molar-refractivity contribution < 1.29 is 12.8 Å². The average molecular weight is 459 g/mol. The normalized spacial score (nSPS) is 12.5. The first-order valence-electron chi connectivity index (χ1n) is 10.6. The zero-order valence-corrected chi connectivity index (χ0v) is 20.0. The maximum Gasteiger partial charge on any atom is 0.277 e. The van der Waals surface area contributed by atoms with Crippen molar-refractivity contribution in [2.75, 3.05) is 0 Å². The minimum absolute atomic E-state index is 0.197. The fraction of sp³-hybridized carbons (Fsp3) is 0.375. The van der Waals surface area contributed by atoms with Crippen molar-refractivity contribution in [3.05, 3.63) is 77.2 Å². The van der Waals surface area contributed by atoms with Crippen LogP contribution in [0, 0.1) is 5.82 Å². The Labute approximate surface area is 190 Å². The topological polar surface area (TPSA) is 76.0 Å². The Morgan fingerprint density at radius 3 is 2.41 bits per heavy atom. The summed E-state index contributed by atoms with van der Waals surface area (Å²) in [6.45, 7) is 7.23. The van der Waals surface area contributed by atoms with Crippen molar-refractivity contribution in [1.82, 2.24) is 19.2 Å². The van der Waals surface area contributed by atoms with Gasteiger partial charge in [-0.2, -0.15) is 23.0 Å². The average Bonchev–Trinajstić information content (AvgIpc) is 3.06. The van der Waals surface area contributed by atoms with Crippen molar-refractivity contribution in [3.63, 3.8) is 0 Å². The van der Waals surface area contributed by atoms with E-state index in [9.17, 15) is 12.8 Å². The molecule has 0 unspecified atom stereocenters. The van der Waals surface area contributed by atoms with Gasteiger partial charge >= 0.3 is 0 Å². The first-order valence-corrected chi connectivity index (χ1v) is 12.1. The van der Waals surface area contributed by atoms with E-state index in [4.69, 9.17) is 0 Å². The molecule has 1 aromatic heterocycles. The number of halogens is 1. The zero-order valence-electron chi connectivity index (χ0n) is 19.2. The molecule has 0 radical (unpaired) electrons. The van der Waals surface area contributed by atoms with Crippen LogP contribution in [0.5, 0.6) is 0 Å². The summed E-state index contributed by atoms with van der Waals surface area (Å²) in [6.07, 6.45) is 1.51. The van der Waals surface area contributed by atoms with Crippen molar-refractivity contribution >= 4 is 10.2 Å². The van der Waals surface area contributed by atoms with Gasteiger partial charge in [-0.15, -0.1) is 0 Å². The van der Waals surface area contributed by atoms with Crippen LogP contribution in [-0.4, -0.2) is 24.2 Å². The third kappa shape index (κ3) is 6.25. The van der Waals surface area contributed by atoms with Gasteiger partial charge in [0.1, 0.15) is 5.82 Å². The number of aromatic nitrogens is 2. The molecule has 3 aromatic rings. The van der Waals surface area contributed by atoms with Crippen molar-refractivity contribution in [3.8, 4) is 11.3 Å². The highest BCUT2D eigenvalue weighted by Crippen LogP contribution is 2.27. The molecule has 0 aliphatic heterocycles. The van der Waals surface area contributed by atoms with E-state index in [1.165, 1.54) is 12.1 Å². The van der Waals surface area contributed by atoms with Gasteiger partial charge in [-0.05, 0) is 75.9 Å². The van der Waals surface area contributed by atoms with Gasteiger partial charge in [-0.25, -0.2) is 4.39 Å². The Kier molecular flexibility index (Phi) is 7.17. The molecule has 2 aromatic carbocycles. The monoisotopic (exact) mass is 458 g/mol. The fourth-order valence-corrected chi connectivity index (χ4v) is 5.11. The quantitative estimate of drug-likeness (QED) is 0.507. The maximum atomic E-state index is 13.1. The first kappa shape index (κ1) is 24.1. The molecule has 0 aliphatic carbocycles. The molecule has 0 aliphatic rings. The summed E-state index contributed by atoms with van der Waals surface area (Å²) >= 11 is 0. The predicted molar refractivity (Wildman–Crippen MR) is 126 cm³/mol. The van der Waals surface area contributed by atoms with Gasteiger partial charge < -0.3 is 0 Å². The van der Waals surface area contributed by atoms with E-state index in [-0.39, 0.29) is 11.9 Å². The molecule has 0 saturated heterocycles. The van der Waals surface area contributed by atoms with E-state index in [1.54, 1.807) is 26.0 Å². The van der Waals surface area contributed by atoms with Crippen LogP contribution in [0.25, 0.3) is 11.3 Å². The van der Waals surface area contributed by atoms with E-state index in [0.29, 0.717) is 0 Å². The molecular weight excluding hydrogens is 427 g/mol. The van der Waals surface area contributed by atoms with Gasteiger partial charge in [0.25, 0.3) is 10.2 Å². The molecule has 0 fully saturated rings. The standard InChI is InChI=1S/C24H31FN4O2S/c1-17(2)27-32(30,31)28-24(3,4)20-8-6-7-19(15-20)23-16-22(26-29(23)5)14-11-18-9-12-21(25)13-10-18/h6-10,12-13,15-17,27-28H,11,14H2,1-5H3. The third-order valence-corrected chi connectivity index (χ3v) is 6.73. The van der Waals surface area contributed by atoms with Crippen LogP contribution < -0.4 is 9.44 Å². The van der Waals surface area contributed by atoms with Crippen molar-refractivity contribution in [1.29, 1.82) is 0 Å². The molecule has 2 N–H and O–H groups in total. The minimum atomic E-state index is -3.65. The summed E-state index contributed by atoms with van der Waals surface area (Å²) in [5.41, 5.74) is 3.94. The largest absolute Gasteiger partial charge is 0.277 e. The molecule has 0 atom stereocenters. The number of benzene rings is 2. The Morgan fingerprint density at radius 2 is 1.75 bits per heavy atom. The molecule has 172 valence electrons. The lowest BCUT2D eigenvalue weighted by Crippen LogP contribution is -2.48. The summed E-state index contributed by atoms with van der Waals surface area (Å²) in [5, 5.41) is 4.62. The number of hydrogen-bond donors (Lipinski definition) is 2. The number of aryl methyl sites for hydroxylation is 3. The van der Waals surface area contributed by atoms with Gasteiger partial charge in [0.15, 0.2) is 0 Å². The molecule has 3 rings (SSSR count). The first-order chi connectivity index (χ1) is 14.9. The SMILES string of the molecule is CC(C)NS(=O)(=O)NC(C)(C)c1cccc(-c2cc(CCc3ccc(F)cc3)nn2C)c1. The van der Waals surface area contributed by atoms with Gasteiger partial charge in [0.2, 0.25) is 0 Å². The molecule has 32 heavy (non-hydrogen) atoms. The highest BCUT2D eigenvalue weighted by atomic mass is 32.2. The van der Waals surface area contributed by atoms with E-state index in [1.807, 2.05) is 55.9 Å². The van der Waals surface area contributed by atoms with Crippen molar-refractivity contribution in [2.24, 2.45) is 7.05 Å². The number of nitrogens with zero attached hydrogens (tertiary/aromatic N) is 2. The molecular formula is C24H31FN4O2S. The van der Waals surface area contributed by atoms with E-state index in [0.717, 1.165) is 40.9 Å². The van der Waals surface area contributed by atoms with Crippen LogP contribution >= 0.6 is 0 Å². The fourth-order valence-electron chi connectivity index (χ4n) is 3.64. The summed E-state index contributed by atoms with van der Waals surface area (Å²) in [6, 6.07) is 16.2. The Bertz CT molecular complexity index is 1170. The summed E-state index contributed by atoms with van der Waals surface area (Å²) < 4.78 is 45.0. The Hall–Kier alpha value is -2.55. The molecule has 0 bridgehead atoms. The van der Waals surface area contributed by atoms with Crippen molar-refractivity contribution in [2.45, 2.75) is 52.1 Å². The number of rotatable bonds is 9. The van der Waals surface area contributed by atoms with Crippen LogP contribution in [-0.2, 0) is 35.6 Å². The molecule has 0 amide bonds. The van der Waals surface area contributed by atoms with E-state index in [2.05, 4.69) is 14.5 Å². The third-order valence-electron chi connectivity index (χ3n) is 5.17. The Balaban J connectivity index is 1.79. The second-order valence-corrected chi connectivity index (χ2v) is 10.3. The van der Waals surface area contributed by atoms with E-state index >= 15 is 0 Å². The molecule has 0 saturated carbocycles. The number of hydrogen-bond acceptors (Lipinski definition) is 3. The zero-order chi connectivity index (χ0) is 23.5. The van der Waals surface area contributed by atoms with E-state index < -0.39 is 15.7 Å². The summed E-state index contributed by atoms with van der Waals surface area (Å²) in [4.78, 5) is 0. The maximum absolute atomic E-state index is 13.1. The lowest BCUT2D eigenvalue weighted by molar-refractivity contribution is 0.462. The predicted octanol–water partition coefficient (Wildman–Crippen LogP) is 4.08. The minimum Gasteiger partial charge on any atom is -0.268 e. The summed E-state index contributed by atoms with van der Waals surface area (Å²) in [5.74, 6) is -0.237. The smallest absolute Gasteiger partial charge is 0.268 e. The molecule has 0 spiro atoms. The highest BCUT2D eigenvalue weighted by Gasteiger charge is 2.27. The van der Waals surface area contributed by atoms with Gasteiger partial charge in [-0.1, -0.05) is 30.3 Å². The van der Waals surface area contributed by atoms with Crippen LogP contribution in [0.4, 0.5) is 4.39 Å². The summed E-state index contributed by atoms with van der Waals surface area (Å²) in [7, 11) is -1.75. The molecule has 1 heterocycles. The molecule has 8 heteroatoms. The van der Waals surface area contributed by atoms with Gasteiger partial charge in [-0.3, -0.25) is 4.68 Å². The van der Waals surface area contributed by atoms with Crippen LogP contribution in [0.2, 0.25) is 0 Å². The second kappa shape index (κ2) is 9.52. The lowest BCUT2D eigenvalue weighted by Gasteiger charge is -2.27. The van der Waals surface area contributed by atoms with Gasteiger partial charge in [0, 0.05) is 18.7 Å². The van der Waals surface area contributed by atoms with Crippen LogP contribution in [0.1, 0.15) is 44.5 Å². The second-order valence-electron chi connectivity index (χ2n) is 8.85. The van der Waals surface area contributed by atoms with Crippen LogP contribution in [0.3, 0.4) is 0 Å². The molecule has 6 nitrogen and oxygen atoms in total. The lowest BCUT2D eigenvalue weighted by atomic mass is 9.93. The van der Waals surface area contributed by atoms with Gasteiger partial charge in [0.05, 0.1) is 16.9 Å². The van der Waals surface area contributed by atoms with Crippen LogP contribution in [0.15, 0.2) is 54.6 Å². The highest BCUT2D eigenvalue weighted by molar-refractivity contribution is 7.87. The Morgan fingerprint density at radius 1 is 1.06 bits per heavy atom. The number of nitrogens with one attached hydrogen (secondary N) is 2.